The van der Waals surface area contributed by atoms with Crippen LogP contribution in [-0.4, -0.2) is 69.7 Å². The molecule has 190 valence electrons. The Bertz CT molecular complexity index is 1250. The molecule has 1 aliphatic heterocycles. The molecule has 1 amide bonds. The summed E-state index contributed by atoms with van der Waals surface area (Å²) >= 11 is 0. The molecule has 0 aromatic heterocycles. The van der Waals surface area contributed by atoms with Crippen LogP contribution in [0, 0.1) is 0 Å². The lowest BCUT2D eigenvalue weighted by Gasteiger charge is -2.36. The number of ether oxygens (including phenoxy) is 1. The molecule has 1 aliphatic carbocycles. The van der Waals surface area contributed by atoms with Crippen molar-refractivity contribution in [2.24, 2.45) is 9.98 Å². The highest BCUT2D eigenvalue weighted by Crippen LogP contribution is 2.30. The number of nitrogens with one attached hydrogen (secondary N) is 1. The molecule has 1 saturated heterocycles. The third-order valence-corrected chi connectivity index (χ3v) is 6.36. The van der Waals surface area contributed by atoms with E-state index < -0.39 is 0 Å². The number of aliphatic imine (C=N–C) groups is 2. The summed E-state index contributed by atoms with van der Waals surface area (Å²) < 4.78 is 5.21. The number of hydrogen-bond acceptors (Lipinski definition) is 6. The molecule has 0 unspecified atom stereocenters. The number of rotatable bonds is 9. The van der Waals surface area contributed by atoms with Gasteiger partial charge in [0, 0.05) is 68.6 Å². The molecule has 2 aromatic rings. The predicted molar refractivity (Wildman–Crippen MR) is 154 cm³/mol. The predicted octanol–water partition coefficient (Wildman–Crippen LogP) is 4.89. The maximum atomic E-state index is 11.8. The Labute approximate surface area is 218 Å². The van der Waals surface area contributed by atoms with Crippen molar-refractivity contribution in [3.63, 3.8) is 0 Å². The molecule has 1 heterocycles. The van der Waals surface area contributed by atoms with Crippen LogP contribution in [0.5, 0.6) is 0 Å². The van der Waals surface area contributed by atoms with E-state index in [9.17, 15) is 4.79 Å². The van der Waals surface area contributed by atoms with E-state index in [2.05, 4.69) is 57.7 Å². The first-order chi connectivity index (χ1) is 18.1. The molecule has 7 nitrogen and oxygen atoms in total. The van der Waals surface area contributed by atoms with Crippen LogP contribution in [0.1, 0.15) is 5.56 Å². The third kappa shape index (κ3) is 6.78. The van der Waals surface area contributed by atoms with Crippen molar-refractivity contribution in [2.45, 2.75) is 0 Å². The first-order valence-corrected chi connectivity index (χ1v) is 12.3. The highest BCUT2D eigenvalue weighted by Gasteiger charge is 2.18. The highest BCUT2D eigenvalue weighted by molar-refractivity contribution is 6.34. The Kier molecular flexibility index (Phi) is 8.97. The van der Waals surface area contributed by atoms with Crippen LogP contribution in [0.2, 0.25) is 0 Å². The van der Waals surface area contributed by atoms with Crippen LogP contribution < -0.4 is 10.2 Å². The summed E-state index contributed by atoms with van der Waals surface area (Å²) in [5.41, 5.74) is 6.27. The van der Waals surface area contributed by atoms with E-state index >= 15 is 0 Å². The second kappa shape index (κ2) is 12.8. The van der Waals surface area contributed by atoms with Crippen LogP contribution in [0.25, 0.3) is 5.57 Å². The van der Waals surface area contributed by atoms with Crippen molar-refractivity contribution < 1.29 is 9.53 Å². The average molecular weight is 496 g/mol. The minimum absolute atomic E-state index is 0.253. The Balaban J connectivity index is 1.56. The second-order valence-corrected chi connectivity index (χ2v) is 8.78. The Morgan fingerprint density at radius 3 is 2.62 bits per heavy atom. The van der Waals surface area contributed by atoms with Gasteiger partial charge in [-0.25, -0.2) is 4.99 Å². The Morgan fingerprint density at radius 1 is 1.14 bits per heavy atom. The van der Waals surface area contributed by atoms with Crippen molar-refractivity contribution in [1.82, 2.24) is 4.90 Å². The van der Waals surface area contributed by atoms with Gasteiger partial charge in [0.1, 0.15) is 0 Å². The molecule has 0 atom stereocenters. The Hall–Kier alpha value is -4.07. The number of nitrogens with zero attached hydrogens (tertiary/aromatic N) is 4. The molecule has 4 rings (SSSR count). The third-order valence-electron chi connectivity index (χ3n) is 6.36. The lowest BCUT2D eigenvalue weighted by molar-refractivity contribution is -0.111. The van der Waals surface area contributed by atoms with Crippen LogP contribution in [0.15, 0.2) is 101 Å². The lowest BCUT2D eigenvalue weighted by atomic mass is 9.91. The largest absolute Gasteiger partial charge is 0.383 e. The molecule has 0 bridgehead atoms. The van der Waals surface area contributed by atoms with E-state index in [4.69, 9.17) is 9.73 Å². The summed E-state index contributed by atoms with van der Waals surface area (Å²) in [5, 5.41) is 2.82. The number of carbonyl (C=O) groups is 1. The Morgan fingerprint density at radius 2 is 1.92 bits per heavy atom. The maximum Gasteiger partial charge on any atom is 0.247 e. The van der Waals surface area contributed by atoms with Gasteiger partial charge in [-0.15, -0.1) is 0 Å². The minimum atomic E-state index is -0.253. The number of anilines is 2. The van der Waals surface area contributed by atoms with Crippen LogP contribution in [0.4, 0.5) is 17.1 Å². The number of piperazine rings is 1. The fourth-order valence-corrected chi connectivity index (χ4v) is 4.40. The van der Waals surface area contributed by atoms with Gasteiger partial charge in [-0.1, -0.05) is 36.9 Å². The topological polar surface area (TPSA) is 69.5 Å². The van der Waals surface area contributed by atoms with E-state index in [0.717, 1.165) is 67.4 Å². The molecule has 0 saturated carbocycles. The van der Waals surface area contributed by atoms with E-state index in [-0.39, 0.29) is 5.91 Å². The molecule has 37 heavy (non-hydrogen) atoms. The summed E-state index contributed by atoms with van der Waals surface area (Å²) in [6.45, 7) is 12.9. The van der Waals surface area contributed by atoms with Gasteiger partial charge in [0.2, 0.25) is 5.91 Å². The lowest BCUT2D eigenvalue weighted by Crippen LogP contribution is -2.47. The van der Waals surface area contributed by atoms with Crippen molar-refractivity contribution in [1.29, 1.82) is 0 Å². The second-order valence-electron chi connectivity index (χ2n) is 8.78. The number of allylic oxidation sites excluding steroid dienone is 5. The molecule has 1 fully saturated rings. The number of methoxy groups -OCH3 is 1. The van der Waals surface area contributed by atoms with Gasteiger partial charge in [-0.05, 0) is 54.8 Å². The molecule has 0 radical (unpaired) electrons. The van der Waals surface area contributed by atoms with Crippen LogP contribution in [-0.2, 0) is 9.53 Å². The highest BCUT2D eigenvalue weighted by atomic mass is 16.5. The molecule has 2 aromatic carbocycles. The van der Waals surface area contributed by atoms with Gasteiger partial charge in [0.15, 0.2) is 0 Å². The quantitative estimate of drug-likeness (QED) is 0.397. The number of carbonyl (C=O) groups excluding carboxylic acids is 1. The van der Waals surface area contributed by atoms with Crippen molar-refractivity contribution >= 4 is 41.0 Å². The zero-order chi connectivity index (χ0) is 26.0. The SMILES string of the molecule is C=CC(=O)Nc1cccc(C2=CC=C/C(=C/N=C)C2=Nc2ccc(N3CCN(CCOC)CC3)cc2)c1. The number of amides is 1. The number of benzene rings is 2. The van der Waals surface area contributed by atoms with Gasteiger partial charge < -0.3 is 15.0 Å². The fourth-order valence-electron chi connectivity index (χ4n) is 4.40. The standard InChI is InChI=1S/C30H33N5O2/c1-4-29(36)32-26-9-5-7-23(21-26)28-10-6-8-24(22-31-2)30(28)33-25-11-13-27(14-12-25)35-17-15-34(16-18-35)19-20-37-3/h4-14,21-22H,1-2,15-20H2,3H3,(H,32,36)/b24-22-,33-30?. The summed E-state index contributed by atoms with van der Waals surface area (Å²) in [7, 11) is 1.75. The van der Waals surface area contributed by atoms with Gasteiger partial charge in [-0.3, -0.25) is 14.7 Å². The molecular weight excluding hydrogens is 462 g/mol. The van der Waals surface area contributed by atoms with Gasteiger partial charge in [-0.2, -0.15) is 0 Å². The van der Waals surface area contributed by atoms with Crippen LogP contribution >= 0.6 is 0 Å². The first-order valence-electron chi connectivity index (χ1n) is 12.3. The van der Waals surface area contributed by atoms with E-state index in [1.807, 2.05) is 42.5 Å². The smallest absolute Gasteiger partial charge is 0.247 e. The fraction of sp³-hybridized carbons (Fsp3) is 0.233. The molecule has 2 aliphatic rings. The zero-order valence-corrected chi connectivity index (χ0v) is 21.3. The van der Waals surface area contributed by atoms with E-state index in [1.165, 1.54) is 11.8 Å². The maximum absolute atomic E-state index is 11.8. The normalized spacial score (nSPS) is 18.1. The van der Waals surface area contributed by atoms with E-state index in [1.54, 1.807) is 13.3 Å². The molecular formula is C30H33N5O2. The van der Waals surface area contributed by atoms with Crippen LogP contribution in [0.3, 0.4) is 0 Å². The van der Waals surface area contributed by atoms with Crippen molar-refractivity contribution in [3.05, 3.63) is 96.8 Å². The van der Waals surface area contributed by atoms with Crippen molar-refractivity contribution in [3.8, 4) is 0 Å². The van der Waals surface area contributed by atoms with E-state index in [0.29, 0.717) is 5.69 Å². The average Bonchev–Trinajstić information content (AvgIpc) is 2.94. The zero-order valence-electron chi connectivity index (χ0n) is 21.3. The van der Waals surface area contributed by atoms with Gasteiger partial charge in [0.25, 0.3) is 0 Å². The minimum Gasteiger partial charge on any atom is -0.383 e. The summed E-state index contributed by atoms with van der Waals surface area (Å²) in [6.07, 6.45) is 8.92. The monoisotopic (exact) mass is 495 g/mol. The first kappa shape index (κ1) is 26.0. The van der Waals surface area contributed by atoms with Crippen molar-refractivity contribution in [2.75, 3.05) is 56.7 Å². The molecule has 1 N–H and O–H groups in total. The summed E-state index contributed by atoms with van der Waals surface area (Å²) in [4.78, 5) is 25.6. The van der Waals surface area contributed by atoms with Gasteiger partial charge >= 0.3 is 0 Å². The number of hydrogen-bond donors (Lipinski definition) is 1. The van der Waals surface area contributed by atoms with Gasteiger partial charge in [0.05, 0.1) is 18.0 Å². The molecule has 7 heteroatoms. The summed E-state index contributed by atoms with van der Waals surface area (Å²) in [6, 6.07) is 16.0. The molecule has 0 spiro atoms. The summed E-state index contributed by atoms with van der Waals surface area (Å²) in [5.74, 6) is -0.253.